The maximum atomic E-state index is 3.98. The van der Waals surface area contributed by atoms with E-state index in [-0.39, 0.29) is 0 Å². The van der Waals surface area contributed by atoms with Gasteiger partial charge in [-0.05, 0) is 35.6 Å². The molecule has 0 aliphatic heterocycles. The first-order valence-electron chi connectivity index (χ1n) is 5.47. The fourth-order valence-electron chi connectivity index (χ4n) is 1.53. The maximum absolute atomic E-state index is 3.98. The van der Waals surface area contributed by atoms with Crippen LogP contribution in [0.5, 0.6) is 0 Å². The SMILES string of the molecule is CCCc1ccc(NCc2csnn2)cc1. The van der Waals surface area contributed by atoms with Crippen molar-refractivity contribution in [3.05, 3.63) is 40.9 Å². The van der Waals surface area contributed by atoms with Crippen molar-refractivity contribution in [2.75, 3.05) is 5.32 Å². The molecule has 0 spiro atoms. The third-order valence-electron chi connectivity index (χ3n) is 2.37. The zero-order chi connectivity index (χ0) is 11.2. The van der Waals surface area contributed by atoms with Crippen LogP contribution in [0, 0.1) is 0 Å². The molecule has 0 unspecified atom stereocenters. The summed E-state index contributed by atoms with van der Waals surface area (Å²) in [6, 6.07) is 8.58. The number of nitrogens with zero attached hydrogens (tertiary/aromatic N) is 2. The zero-order valence-electron chi connectivity index (χ0n) is 9.31. The summed E-state index contributed by atoms with van der Waals surface area (Å²) in [4.78, 5) is 0. The standard InChI is InChI=1S/C12H15N3S/c1-2-3-10-4-6-11(7-5-10)13-8-12-9-16-15-14-12/h4-7,9,13H,2-3,8H2,1H3. The van der Waals surface area contributed by atoms with Crippen LogP contribution in [0.2, 0.25) is 0 Å². The van der Waals surface area contributed by atoms with Crippen molar-refractivity contribution in [1.82, 2.24) is 9.59 Å². The monoisotopic (exact) mass is 233 g/mol. The lowest BCUT2D eigenvalue weighted by atomic mass is 10.1. The Morgan fingerprint density at radius 3 is 2.69 bits per heavy atom. The molecule has 16 heavy (non-hydrogen) atoms. The molecule has 4 heteroatoms. The second-order valence-electron chi connectivity index (χ2n) is 3.70. The highest BCUT2D eigenvalue weighted by atomic mass is 32.1. The highest BCUT2D eigenvalue weighted by Crippen LogP contribution is 2.12. The molecule has 0 saturated carbocycles. The molecule has 0 radical (unpaired) electrons. The van der Waals surface area contributed by atoms with E-state index >= 15 is 0 Å². The Kier molecular flexibility index (Phi) is 3.88. The Bertz CT molecular complexity index is 408. The average Bonchev–Trinajstić information content (AvgIpc) is 2.82. The van der Waals surface area contributed by atoms with Crippen molar-refractivity contribution in [2.24, 2.45) is 0 Å². The van der Waals surface area contributed by atoms with Crippen LogP contribution in [0.1, 0.15) is 24.6 Å². The molecule has 2 aromatic rings. The molecular formula is C12H15N3S. The van der Waals surface area contributed by atoms with Crippen LogP contribution in [-0.2, 0) is 13.0 Å². The minimum absolute atomic E-state index is 0.740. The number of anilines is 1. The molecule has 0 atom stereocenters. The molecule has 84 valence electrons. The molecule has 3 nitrogen and oxygen atoms in total. The molecule has 2 rings (SSSR count). The van der Waals surface area contributed by atoms with E-state index in [1.807, 2.05) is 5.38 Å². The van der Waals surface area contributed by atoms with Crippen molar-refractivity contribution in [2.45, 2.75) is 26.3 Å². The van der Waals surface area contributed by atoms with Gasteiger partial charge < -0.3 is 5.32 Å². The normalized spacial score (nSPS) is 10.3. The molecule has 0 amide bonds. The molecular weight excluding hydrogens is 218 g/mol. The minimum Gasteiger partial charge on any atom is -0.379 e. The Morgan fingerprint density at radius 1 is 1.25 bits per heavy atom. The van der Waals surface area contributed by atoms with Gasteiger partial charge in [0.1, 0.15) is 0 Å². The number of hydrogen-bond donors (Lipinski definition) is 1. The Morgan fingerprint density at radius 2 is 2.06 bits per heavy atom. The number of benzene rings is 1. The first kappa shape index (κ1) is 11.1. The quantitative estimate of drug-likeness (QED) is 0.862. The second kappa shape index (κ2) is 5.61. The van der Waals surface area contributed by atoms with Gasteiger partial charge in [-0.3, -0.25) is 0 Å². The average molecular weight is 233 g/mol. The first-order chi connectivity index (χ1) is 7.88. The molecule has 1 aromatic heterocycles. The molecule has 0 fully saturated rings. The van der Waals surface area contributed by atoms with Crippen molar-refractivity contribution < 1.29 is 0 Å². The summed E-state index contributed by atoms with van der Waals surface area (Å²) >= 11 is 1.38. The minimum atomic E-state index is 0.740. The van der Waals surface area contributed by atoms with E-state index in [9.17, 15) is 0 Å². The summed E-state index contributed by atoms with van der Waals surface area (Å²) in [5.41, 5.74) is 3.51. The van der Waals surface area contributed by atoms with Gasteiger partial charge >= 0.3 is 0 Å². The summed E-state index contributed by atoms with van der Waals surface area (Å²) in [7, 11) is 0. The smallest absolute Gasteiger partial charge is 0.0946 e. The van der Waals surface area contributed by atoms with Gasteiger partial charge in [0.2, 0.25) is 0 Å². The fourth-order valence-corrected chi connectivity index (χ4v) is 1.98. The third kappa shape index (κ3) is 3.03. The van der Waals surface area contributed by atoms with Crippen LogP contribution in [0.25, 0.3) is 0 Å². The van der Waals surface area contributed by atoms with Gasteiger partial charge in [0.25, 0.3) is 0 Å². The van der Waals surface area contributed by atoms with E-state index in [0.717, 1.165) is 24.3 Å². The summed E-state index contributed by atoms with van der Waals surface area (Å²) < 4.78 is 3.82. The maximum Gasteiger partial charge on any atom is 0.0946 e. The number of nitrogens with one attached hydrogen (secondary N) is 1. The molecule has 1 heterocycles. The van der Waals surface area contributed by atoms with Crippen LogP contribution >= 0.6 is 11.5 Å². The van der Waals surface area contributed by atoms with E-state index in [4.69, 9.17) is 0 Å². The summed E-state index contributed by atoms with van der Waals surface area (Å²) in [6.45, 7) is 2.94. The van der Waals surface area contributed by atoms with Crippen LogP contribution in [0.15, 0.2) is 29.6 Å². The Labute approximate surface area is 99.7 Å². The van der Waals surface area contributed by atoms with Crippen molar-refractivity contribution in [1.29, 1.82) is 0 Å². The lowest BCUT2D eigenvalue weighted by Gasteiger charge is -2.05. The van der Waals surface area contributed by atoms with Gasteiger partial charge in [-0.25, -0.2) is 0 Å². The Hall–Kier alpha value is -1.42. The topological polar surface area (TPSA) is 37.8 Å². The number of rotatable bonds is 5. The van der Waals surface area contributed by atoms with Crippen LogP contribution in [0.4, 0.5) is 5.69 Å². The second-order valence-corrected chi connectivity index (χ2v) is 4.31. The van der Waals surface area contributed by atoms with Gasteiger partial charge in [-0.2, -0.15) is 0 Å². The van der Waals surface area contributed by atoms with Crippen molar-refractivity contribution in [3.8, 4) is 0 Å². The van der Waals surface area contributed by atoms with Crippen LogP contribution in [0.3, 0.4) is 0 Å². The van der Waals surface area contributed by atoms with E-state index in [0.29, 0.717) is 0 Å². The molecule has 0 saturated heterocycles. The van der Waals surface area contributed by atoms with E-state index in [1.165, 1.54) is 23.5 Å². The summed E-state index contributed by atoms with van der Waals surface area (Å²) in [5.74, 6) is 0. The van der Waals surface area contributed by atoms with Crippen molar-refractivity contribution >= 4 is 17.2 Å². The van der Waals surface area contributed by atoms with Gasteiger partial charge in [-0.1, -0.05) is 30.0 Å². The number of aromatic nitrogens is 2. The highest BCUT2D eigenvalue weighted by Gasteiger charge is 1.97. The molecule has 1 N–H and O–H groups in total. The summed E-state index contributed by atoms with van der Waals surface area (Å²) in [5, 5.41) is 9.26. The van der Waals surface area contributed by atoms with Gasteiger partial charge in [0.15, 0.2) is 0 Å². The Balaban J connectivity index is 1.90. The summed E-state index contributed by atoms with van der Waals surface area (Å²) in [6.07, 6.45) is 2.34. The molecule has 0 aliphatic rings. The fraction of sp³-hybridized carbons (Fsp3) is 0.333. The first-order valence-corrected chi connectivity index (χ1v) is 6.31. The highest BCUT2D eigenvalue weighted by molar-refractivity contribution is 7.03. The lowest BCUT2D eigenvalue weighted by Crippen LogP contribution is -1.99. The van der Waals surface area contributed by atoms with Gasteiger partial charge in [0.05, 0.1) is 12.2 Å². The predicted molar refractivity (Wildman–Crippen MR) is 67.7 cm³/mol. The predicted octanol–water partition coefficient (Wildman–Crippen LogP) is 3.10. The molecule has 0 aliphatic carbocycles. The number of aryl methyl sites for hydroxylation is 1. The number of hydrogen-bond acceptors (Lipinski definition) is 4. The zero-order valence-corrected chi connectivity index (χ0v) is 10.1. The largest absolute Gasteiger partial charge is 0.379 e. The van der Waals surface area contributed by atoms with Crippen molar-refractivity contribution in [3.63, 3.8) is 0 Å². The van der Waals surface area contributed by atoms with Crippen LogP contribution in [-0.4, -0.2) is 9.59 Å². The third-order valence-corrected chi connectivity index (χ3v) is 2.92. The van der Waals surface area contributed by atoms with E-state index < -0.39 is 0 Å². The van der Waals surface area contributed by atoms with Gasteiger partial charge in [-0.15, -0.1) is 5.10 Å². The molecule has 1 aromatic carbocycles. The molecule has 0 bridgehead atoms. The van der Waals surface area contributed by atoms with Crippen LogP contribution < -0.4 is 5.32 Å². The lowest BCUT2D eigenvalue weighted by molar-refractivity contribution is 0.921. The van der Waals surface area contributed by atoms with E-state index in [1.54, 1.807) is 0 Å². The van der Waals surface area contributed by atoms with Gasteiger partial charge in [0, 0.05) is 11.1 Å². The van der Waals surface area contributed by atoms with E-state index in [2.05, 4.69) is 46.1 Å².